The predicted octanol–water partition coefficient (Wildman–Crippen LogP) is 6.30. The van der Waals surface area contributed by atoms with Gasteiger partial charge in [-0.3, -0.25) is 4.79 Å². The van der Waals surface area contributed by atoms with Crippen molar-refractivity contribution in [1.29, 1.82) is 0 Å². The minimum Gasteiger partial charge on any atom is -0.492 e. The maximum Gasteiger partial charge on any atom is 0.248 e. The number of ether oxygens (including phenoxy) is 1. The summed E-state index contributed by atoms with van der Waals surface area (Å²) >= 11 is 12.1. The molecule has 0 fully saturated rings. The van der Waals surface area contributed by atoms with Crippen molar-refractivity contribution in [1.82, 2.24) is 0 Å². The normalized spacial score (nSPS) is 10.9. The molecule has 6 heteroatoms. The molecule has 0 aliphatic heterocycles. The van der Waals surface area contributed by atoms with Gasteiger partial charge in [-0.2, -0.15) is 0 Å². The van der Waals surface area contributed by atoms with E-state index >= 15 is 0 Å². The molecule has 0 aliphatic rings. The SMILES string of the molecule is CCOc1ccccc1NC(=O)/C=C/c1ccc(-c2ccc(Cl)cc2Cl)o1. The van der Waals surface area contributed by atoms with E-state index in [9.17, 15) is 4.79 Å². The minimum atomic E-state index is -0.287. The Morgan fingerprint density at radius 3 is 2.74 bits per heavy atom. The molecular formula is C21H17Cl2NO3. The molecule has 138 valence electrons. The molecule has 1 aromatic heterocycles. The molecule has 2 aromatic carbocycles. The summed E-state index contributed by atoms with van der Waals surface area (Å²) in [6.07, 6.45) is 2.99. The molecule has 4 nitrogen and oxygen atoms in total. The van der Waals surface area contributed by atoms with Crippen molar-refractivity contribution < 1.29 is 13.9 Å². The highest BCUT2D eigenvalue weighted by atomic mass is 35.5. The number of furan rings is 1. The van der Waals surface area contributed by atoms with E-state index in [0.717, 1.165) is 5.56 Å². The molecule has 0 saturated heterocycles. The molecule has 0 bridgehead atoms. The number of amides is 1. The van der Waals surface area contributed by atoms with Gasteiger partial charge >= 0.3 is 0 Å². The number of hydrogen-bond acceptors (Lipinski definition) is 3. The molecule has 0 spiro atoms. The highest BCUT2D eigenvalue weighted by molar-refractivity contribution is 6.36. The molecule has 3 aromatic rings. The Balaban J connectivity index is 1.70. The van der Waals surface area contributed by atoms with Gasteiger partial charge in [-0.25, -0.2) is 0 Å². The largest absolute Gasteiger partial charge is 0.492 e. The molecule has 1 heterocycles. The Morgan fingerprint density at radius 2 is 1.96 bits per heavy atom. The molecule has 0 saturated carbocycles. The van der Waals surface area contributed by atoms with Crippen LogP contribution in [0.25, 0.3) is 17.4 Å². The van der Waals surface area contributed by atoms with E-state index in [-0.39, 0.29) is 5.91 Å². The van der Waals surface area contributed by atoms with Gasteiger partial charge in [0.15, 0.2) is 0 Å². The lowest BCUT2D eigenvalue weighted by atomic mass is 10.2. The van der Waals surface area contributed by atoms with Crippen LogP contribution >= 0.6 is 23.2 Å². The second-order valence-electron chi connectivity index (χ2n) is 5.58. The molecule has 0 unspecified atom stereocenters. The van der Waals surface area contributed by atoms with E-state index in [4.69, 9.17) is 32.4 Å². The number of hydrogen-bond donors (Lipinski definition) is 1. The standard InChI is InChI=1S/C21H17Cl2NO3/c1-2-26-20-6-4-3-5-18(20)24-21(25)12-9-15-8-11-19(27-15)16-10-7-14(22)13-17(16)23/h3-13H,2H2,1H3,(H,24,25)/b12-9+. The predicted molar refractivity (Wildman–Crippen MR) is 109 cm³/mol. The minimum absolute atomic E-state index is 0.287. The zero-order valence-corrected chi connectivity index (χ0v) is 16.1. The van der Waals surface area contributed by atoms with Gasteiger partial charge in [-0.1, -0.05) is 35.3 Å². The van der Waals surface area contributed by atoms with E-state index in [0.29, 0.717) is 39.6 Å². The van der Waals surface area contributed by atoms with Gasteiger partial charge in [0.1, 0.15) is 17.3 Å². The molecule has 0 atom stereocenters. The van der Waals surface area contributed by atoms with Crippen molar-refractivity contribution in [2.24, 2.45) is 0 Å². The summed E-state index contributed by atoms with van der Waals surface area (Å²) in [5, 5.41) is 3.84. The van der Waals surface area contributed by atoms with Crippen LogP contribution < -0.4 is 10.1 Å². The second-order valence-corrected chi connectivity index (χ2v) is 6.42. The lowest BCUT2D eigenvalue weighted by Gasteiger charge is -2.09. The molecule has 1 amide bonds. The quantitative estimate of drug-likeness (QED) is 0.492. The number of benzene rings is 2. The fourth-order valence-corrected chi connectivity index (χ4v) is 2.96. The fraction of sp³-hybridized carbons (Fsp3) is 0.0952. The van der Waals surface area contributed by atoms with E-state index in [1.165, 1.54) is 6.08 Å². The second kappa shape index (κ2) is 8.80. The van der Waals surface area contributed by atoms with Crippen LogP contribution in [0.15, 0.2) is 65.1 Å². The Hall–Kier alpha value is -2.69. The third-order valence-electron chi connectivity index (χ3n) is 3.67. The average Bonchev–Trinajstić information content (AvgIpc) is 3.10. The molecule has 27 heavy (non-hydrogen) atoms. The van der Waals surface area contributed by atoms with Gasteiger partial charge in [-0.15, -0.1) is 0 Å². The summed E-state index contributed by atoms with van der Waals surface area (Å²) in [5.74, 6) is 1.46. The smallest absolute Gasteiger partial charge is 0.248 e. The van der Waals surface area contributed by atoms with Crippen molar-refractivity contribution in [3.63, 3.8) is 0 Å². The number of carbonyl (C=O) groups is 1. The van der Waals surface area contributed by atoms with E-state index in [1.54, 1.807) is 48.5 Å². The number of rotatable bonds is 6. The molecule has 3 rings (SSSR count). The van der Waals surface area contributed by atoms with Crippen molar-refractivity contribution in [3.05, 3.63) is 76.5 Å². The van der Waals surface area contributed by atoms with Crippen molar-refractivity contribution >= 4 is 40.9 Å². The van der Waals surface area contributed by atoms with E-state index < -0.39 is 0 Å². The first-order chi connectivity index (χ1) is 13.1. The third kappa shape index (κ3) is 4.94. The van der Waals surface area contributed by atoms with Crippen LogP contribution in [-0.4, -0.2) is 12.5 Å². The third-order valence-corrected chi connectivity index (χ3v) is 4.21. The summed E-state index contributed by atoms with van der Waals surface area (Å²) < 4.78 is 11.2. The van der Waals surface area contributed by atoms with Crippen LogP contribution in [0.2, 0.25) is 10.0 Å². The number of para-hydroxylation sites is 2. The number of nitrogens with one attached hydrogen (secondary N) is 1. The summed E-state index contributed by atoms with van der Waals surface area (Å²) in [5.41, 5.74) is 1.35. The summed E-state index contributed by atoms with van der Waals surface area (Å²) in [7, 11) is 0. The molecule has 1 N–H and O–H groups in total. The van der Waals surface area contributed by atoms with Gasteiger partial charge < -0.3 is 14.5 Å². The van der Waals surface area contributed by atoms with Crippen LogP contribution in [0, 0.1) is 0 Å². The lowest BCUT2D eigenvalue weighted by molar-refractivity contribution is -0.111. The van der Waals surface area contributed by atoms with Gasteiger partial charge in [0, 0.05) is 16.7 Å². The number of anilines is 1. The maximum atomic E-state index is 12.2. The van der Waals surface area contributed by atoms with Crippen LogP contribution in [0.5, 0.6) is 5.75 Å². The summed E-state index contributed by atoms with van der Waals surface area (Å²) in [4.78, 5) is 12.2. The van der Waals surface area contributed by atoms with Crippen LogP contribution in [0.4, 0.5) is 5.69 Å². The van der Waals surface area contributed by atoms with Crippen molar-refractivity contribution in [3.8, 4) is 17.1 Å². The zero-order valence-electron chi connectivity index (χ0n) is 14.5. The Bertz CT molecular complexity index is 979. The van der Waals surface area contributed by atoms with Gasteiger partial charge in [-0.05, 0) is 55.5 Å². The Morgan fingerprint density at radius 1 is 1.15 bits per heavy atom. The van der Waals surface area contributed by atoms with E-state index in [2.05, 4.69) is 5.32 Å². The Labute approximate surface area is 167 Å². The first kappa shape index (κ1) is 19.1. The monoisotopic (exact) mass is 401 g/mol. The van der Waals surface area contributed by atoms with Crippen molar-refractivity contribution in [2.75, 3.05) is 11.9 Å². The summed E-state index contributed by atoms with van der Waals surface area (Å²) in [6, 6.07) is 16.0. The van der Waals surface area contributed by atoms with Gasteiger partial charge in [0.05, 0.1) is 17.3 Å². The zero-order chi connectivity index (χ0) is 19.2. The van der Waals surface area contributed by atoms with Crippen LogP contribution in [0.1, 0.15) is 12.7 Å². The first-order valence-corrected chi connectivity index (χ1v) is 9.08. The molecule has 0 aliphatic carbocycles. The van der Waals surface area contributed by atoms with Crippen LogP contribution in [-0.2, 0) is 4.79 Å². The lowest BCUT2D eigenvalue weighted by Crippen LogP contribution is -2.09. The molecular weight excluding hydrogens is 385 g/mol. The first-order valence-electron chi connectivity index (χ1n) is 8.33. The Kier molecular flexibility index (Phi) is 6.22. The number of carbonyl (C=O) groups excluding carboxylic acids is 1. The fourth-order valence-electron chi connectivity index (χ4n) is 2.46. The molecule has 0 radical (unpaired) electrons. The van der Waals surface area contributed by atoms with E-state index in [1.807, 2.05) is 19.1 Å². The topological polar surface area (TPSA) is 51.5 Å². The van der Waals surface area contributed by atoms with Crippen molar-refractivity contribution in [2.45, 2.75) is 6.92 Å². The maximum absolute atomic E-state index is 12.2. The van der Waals surface area contributed by atoms with Gasteiger partial charge in [0.2, 0.25) is 5.91 Å². The number of halogens is 2. The average molecular weight is 402 g/mol. The highest BCUT2D eigenvalue weighted by Gasteiger charge is 2.09. The van der Waals surface area contributed by atoms with Crippen LogP contribution in [0.3, 0.4) is 0 Å². The highest BCUT2D eigenvalue weighted by Crippen LogP contribution is 2.31. The van der Waals surface area contributed by atoms with Gasteiger partial charge in [0.25, 0.3) is 0 Å². The summed E-state index contributed by atoms with van der Waals surface area (Å²) in [6.45, 7) is 2.41.